The van der Waals surface area contributed by atoms with E-state index in [1.54, 1.807) is 6.26 Å². The van der Waals surface area contributed by atoms with Crippen molar-refractivity contribution in [2.45, 2.75) is 23.8 Å². The van der Waals surface area contributed by atoms with Gasteiger partial charge in [-0.3, -0.25) is 0 Å². The summed E-state index contributed by atoms with van der Waals surface area (Å²) in [4.78, 5) is 0.370. The summed E-state index contributed by atoms with van der Waals surface area (Å²) in [6, 6.07) is 2.59. The maximum absolute atomic E-state index is 13.6. The fraction of sp³-hybridized carbons (Fsp3) is 0.455. The van der Waals surface area contributed by atoms with Crippen LogP contribution in [-0.2, 0) is 0 Å². The van der Waals surface area contributed by atoms with Crippen molar-refractivity contribution in [1.29, 1.82) is 0 Å². The molecule has 1 fully saturated rings. The van der Waals surface area contributed by atoms with Gasteiger partial charge in [-0.05, 0) is 37.8 Å². The van der Waals surface area contributed by atoms with Crippen LogP contribution >= 0.6 is 11.8 Å². The van der Waals surface area contributed by atoms with Crippen LogP contribution in [0.15, 0.2) is 17.0 Å². The second-order valence-corrected chi connectivity index (χ2v) is 4.51. The zero-order valence-corrected chi connectivity index (χ0v) is 9.33. The Labute approximate surface area is 92.3 Å². The normalized spacial score (nSPS) is 20.9. The lowest BCUT2D eigenvalue weighted by molar-refractivity contribution is 0.532. The number of nitrogens with one attached hydrogen (secondary N) is 1. The summed E-state index contributed by atoms with van der Waals surface area (Å²) < 4.78 is 27.1. The third-order valence-corrected chi connectivity index (χ3v) is 3.46. The molecule has 1 unspecified atom stereocenters. The van der Waals surface area contributed by atoms with Gasteiger partial charge in [-0.15, -0.1) is 11.8 Å². The highest BCUT2D eigenvalue weighted by atomic mass is 32.2. The fourth-order valence-electron chi connectivity index (χ4n) is 1.92. The van der Waals surface area contributed by atoms with Gasteiger partial charge in [-0.25, -0.2) is 8.78 Å². The summed E-state index contributed by atoms with van der Waals surface area (Å²) in [7, 11) is 0. The van der Waals surface area contributed by atoms with Crippen molar-refractivity contribution in [2.75, 3.05) is 12.8 Å². The molecule has 1 atom stereocenters. The molecule has 1 aromatic rings. The zero-order chi connectivity index (χ0) is 10.8. The maximum atomic E-state index is 13.6. The van der Waals surface area contributed by atoms with Crippen LogP contribution in [0.5, 0.6) is 0 Å². The second kappa shape index (κ2) is 4.49. The van der Waals surface area contributed by atoms with Crippen molar-refractivity contribution in [3.05, 3.63) is 29.3 Å². The van der Waals surface area contributed by atoms with Crippen LogP contribution in [0.2, 0.25) is 0 Å². The number of rotatable bonds is 2. The van der Waals surface area contributed by atoms with E-state index in [0.29, 0.717) is 10.5 Å². The third-order valence-electron chi connectivity index (χ3n) is 2.71. The monoisotopic (exact) mass is 229 g/mol. The SMILES string of the molecule is CSc1cc(F)c(C2CCCN2)cc1F. The lowest BCUT2D eigenvalue weighted by Crippen LogP contribution is -2.14. The quantitative estimate of drug-likeness (QED) is 0.782. The van der Waals surface area contributed by atoms with Gasteiger partial charge in [-0.1, -0.05) is 0 Å². The van der Waals surface area contributed by atoms with E-state index >= 15 is 0 Å². The van der Waals surface area contributed by atoms with Crippen molar-refractivity contribution in [1.82, 2.24) is 5.32 Å². The highest BCUT2D eigenvalue weighted by Gasteiger charge is 2.21. The molecular weight excluding hydrogens is 216 g/mol. The Morgan fingerprint density at radius 1 is 1.33 bits per heavy atom. The Morgan fingerprint density at radius 3 is 2.73 bits per heavy atom. The minimum atomic E-state index is -0.326. The summed E-state index contributed by atoms with van der Waals surface area (Å²) in [5, 5.41) is 3.16. The standard InChI is InChI=1S/C11H13F2NS/c1-15-11-6-8(12)7(5-9(11)13)10-3-2-4-14-10/h5-6,10,14H,2-4H2,1H3. The Morgan fingerprint density at radius 2 is 2.13 bits per heavy atom. The molecule has 1 N–H and O–H groups in total. The molecule has 0 amide bonds. The molecule has 0 aliphatic carbocycles. The lowest BCUT2D eigenvalue weighted by Gasteiger charge is -2.13. The molecule has 1 aromatic carbocycles. The molecule has 2 rings (SSSR count). The summed E-state index contributed by atoms with van der Waals surface area (Å²) in [5.74, 6) is -0.632. The number of benzene rings is 1. The van der Waals surface area contributed by atoms with Gasteiger partial charge in [0.05, 0.1) is 0 Å². The van der Waals surface area contributed by atoms with Gasteiger partial charge in [0, 0.05) is 16.5 Å². The van der Waals surface area contributed by atoms with Crippen LogP contribution < -0.4 is 5.32 Å². The van der Waals surface area contributed by atoms with E-state index in [0.717, 1.165) is 19.4 Å². The number of hydrogen-bond donors (Lipinski definition) is 1. The van der Waals surface area contributed by atoms with Gasteiger partial charge in [-0.2, -0.15) is 0 Å². The molecule has 1 aliphatic heterocycles. The van der Waals surface area contributed by atoms with Gasteiger partial charge < -0.3 is 5.32 Å². The van der Waals surface area contributed by atoms with Crippen LogP contribution in [0.25, 0.3) is 0 Å². The fourth-order valence-corrected chi connectivity index (χ4v) is 2.39. The van der Waals surface area contributed by atoms with Crippen molar-refractivity contribution in [3.63, 3.8) is 0 Å². The Balaban J connectivity index is 2.35. The average molecular weight is 229 g/mol. The van der Waals surface area contributed by atoms with E-state index in [1.165, 1.54) is 23.9 Å². The van der Waals surface area contributed by atoms with E-state index in [2.05, 4.69) is 5.32 Å². The summed E-state index contributed by atoms with van der Waals surface area (Å²) in [5.41, 5.74) is 0.461. The largest absolute Gasteiger partial charge is 0.310 e. The average Bonchev–Trinajstić information content (AvgIpc) is 2.74. The molecule has 0 spiro atoms. The molecule has 1 heterocycles. The Hall–Kier alpha value is -0.610. The summed E-state index contributed by atoms with van der Waals surface area (Å²) >= 11 is 1.23. The third kappa shape index (κ3) is 2.16. The highest BCUT2D eigenvalue weighted by molar-refractivity contribution is 7.98. The number of thioether (sulfide) groups is 1. The number of hydrogen-bond acceptors (Lipinski definition) is 2. The molecule has 1 saturated heterocycles. The molecule has 0 aromatic heterocycles. The van der Waals surface area contributed by atoms with Gasteiger partial charge in [0.2, 0.25) is 0 Å². The first kappa shape index (κ1) is 10.9. The maximum Gasteiger partial charge on any atom is 0.137 e. The van der Waals surface area contributed by atoms with Crippen LogP contribution in [0.4, 0.5) is 8.78 Å². The topological polar surface area (TPSA) is 12.0 Å². The first-order valence-corrected chi connectivity index (χ1v) is 6.21. The Bertz CT molecular complexity index is 362. The summed E-state index contributed by atoms with van der Waals surface area (Å²) in [6.07, 6.45) is 3.65. The van der Waals surface area contributed by atoms with Crippen molar-refractivity contribution in [3.8, 4) is 0 Å². The van der Waals surface area contributed by atoms with E-state index in [9.17, 15) is 8.78 Å². The molecule has 0 radical (unpaired) electrons. The molecule has 0 bridgehead atoms. The van der Waals surface area contributed by atoms with Crippen LogP contribution in [0.1, 0.15) is 24.4 Å². The lowest BCUT2D eigenvalue weighted by atomic mass is 10.0. The van der Waals surface area contributed by atoms with E-state index in [4.69, 9.17) is 0 Å². The minimum absolute atomic E-state index is 0.0181. The first-order chi connectivity index (χ1) is 7.22. The number of halogens is 2. The minimum Gasteiger partial charge on any atom is -0.310 e. The molecule has 15 heavy (non-hydrogen) atoms. The zero-order valence-electron chi connectivity index (χ0n) is 8.52. The molecule has 0 saturated carbocycles. The van der Waals surface area contributed by atoms with Crippen LogP contribution in [0.3, 0.4) is 0 Å². The predicted molar refractivity (Wildman–Crippen MR) is 58.1 cm³/mol. The van der Waals surface area contributed by atoms with Crippen molar-refractivity contribution in [2.24, 2.45) is 0 Å². The highest BCUT2D eigenvalue weighted by Crippen LogP contribution is 2.29. The first-order valence-electron chi connectivity index (χ1n) is 4.98. The van der Waals surface area contributed by atoms with E-state index in [-0.39, 0.29) is 17.7 Å². The Kier molecular flexibility index (Phi) is 3.26. The molecule has 1 nitrogen and oxygen atoms in total. The van der Waals surface area contributed by atoms with Crippen molar-refractivity contribution < 1.29 is 8.78 Å². The van der Waals surface area contributed by atoms with Crippen LogP contribution in [-0.4, -0.2) is 12.8 Å². The van der Waals surface area contributed by atoms with Gasteiger partial charge >= 0.3 is 0 Å². The van der Waals surface area contributed by atoms with Gasteiger partial charge in [0.25, 0.3) is 0 Å². The molecule has 1 aliphatic rings. The predicted octanol–water partition coefficient (Wildman–Crippen LogP) is 3.11. The summed E-state index contributed by atoms with van der Waals surface area (Å²) in [6.45, 7) is 0.885. The van der Waals surface area contributed by atoms with Crippen molar-refractivity contribution >= 4 is 11.8 Å². The molecule has 4 heteroatoms. The molecule has 82 valence electrons. The van der Waals surface area contributed by atoms with Gasteiger partial charge in [0.1, 0.15) is 11.6 Å². The van der Waals surface area contributed by atoms with Gasteiger partial charge in [0.15, 0.2) is 0 Å². The van der Waals surface area contributed by atoms with Crippen LogP contribution in [0, 0.1) is 11.6 Å². The van der Waals surface area contributed by atoms with E-state index < -0.39 is 0 Å². The second-order valence-electron chi connectivity index (χ2n) is 3.66. The smallest absolute Gasteiger partial charge is 0.137 e. The molecular formula is C11H13F2NS. The van der Waals surface area contributed by atoms with E-state index in [1.807, 2.05) is 0 Å².